The molecule has 1 atom stereocenters. The summed E-state index contributed by atoms with van der Waals surface area (Å²) in [6.07, 6.45) is 3.69. The van der Waals surface area contributed by atoms with Crippen LogP contribution in [-0.2, 0) is 4.74 Å². The number of pyridine rings is 1. The van der Waals surface area contributed by atoms with Crippen LogP contribution < -0.4 is 9.47 Å². The van der Waals surface area contributed by atoms with Crippen molar-refractivity contribution in [1.82, 2.24) is 9.88 Å². The Labute approximate surface area is 125 Å². The van der Waals surface area contributed by atoms with Crippen LogP contribution in [0.4, 0.5) is 4.79 Å². The van der Waals surface area contributed by atoms with Gasteiger partial charge < -0.3 is 19.1 Å². The van der Waals surface area contributed by atoms with Crippen molar-refractivity contribution < 1.29 is 19.0 Å². The molecule has 6 nitrogen and oxygen atoms in total. The Bertz CT molecular complexity index is 499. The molecule has 21 heavy (non-hydrogen) atoms. The van der Waals surface area contributed by atoms with E-state index in [0.29, 0.717) is 24.6 Å². The molecule has 116 valence electrons. The van der Waals surface area contributed by atoms with Gasteiger partial charge in [0.1, 0.15) is 23.2 Å². The second kappa shape index (κ2) is 6.20. The summed E-state index contributed by atoms with van der Waals surface area (Å²) >= 11 is 0. The lowest BCUT2D eigenvalue weighted by Crippen LogP contribution is -2.36. The van der Waals surface area contributed by atoms with E-state index in [1.165, 1.54) is 0 Å². The number of carbonyl (C=O) groups is 1. The van der Waals surface area contributed by atoms with Gasteiger partial charge in [-0.15, -0.1) is 0 Å². The quantitative estimate of drug-likeness (QED) is 0.857. The maximum absolute atomic E-state index is 12.0. The highest BCUT2D eigenvalue weighted by Gasteiger charge is 2.30. The highest BCUT2D eigenvalue weighted by Crippen LogP contribution is 2.22. The van der Waals surface area contributed by atoms with Gasteiger partial charge in [0.25, 0.3) is 0 Å². The van der Waals surface area contributed by atoms with E-state index in [9.17, 15) is 4.79 Å². The van der Waals surface area contributed by atoms with E-state index in [-0.39, 0.29) is 12.2 Å². The van der Waals surface area contributed by atoms with Crippen molar-refractivity contribution in [2.24, 2.45) is 0 Å². The van der Waals surface area contributed by atoms with Crippen LogP contribution in [0, 0.1) is 0 Å². The van der Waals surface area contributed by atoms with Crippen molar-refractivity contribution in [2.45, 2.75) is 38.9 Å². The summed E-state index contributed by atoms with van der Waals surface area (Å²) in [6, 6.07) is 1.78. The van der Waals surface area contributed by atoms with Crippen LogP contribution >= 0.6 is 0 Å². The number of carbonyl (C=O) groups excluding carboxylic acids is 1. The number of ether oxygens (including phenoxy) is 3. The fourth-order valence-electron chi connectivity index (χ4n) is 2.08. The second-order valence-corrected chi connectivity index (χ2v) is 6.02. The van der Waals surface area contributed by atoms with Crippen molar-refractivity contribution in [3.05, 3.63) is 18.5 Å². The molecule has 0 radical (unpaired) electrons. The van der Waals surface area contributed by atoms with Crippen LogP contribution in [0.1, 0.15) is 27.2 Å². The minimum Gasteiger partial charge on any atom is -0.495 e. The molecule has 0 aliphatic carbocycles. The van der Waals surface area contributed by atoms with Crippen LogP contribution in [0.3, 0.4) is 0 Å². The van der Waals surface area contributed by atoms with Crippen molar-refractivity contribution in [2.75, 3.05) is 20.2 Å². The Hall–Kier alpha value is -1.98. The lowest BCUT2D eigenvalue weighted by molar-refractivity contribution is 0.0275. The number of nitrogens with zero attached hydrogens (tertiary/aromatic N) is 2. The van der Waals surface area contributed by atoms with E-state index in [1.54, 1.807) is 30.5 Å². The number of aromatic nitrogens is 1. The van der Waals surface area contributed by atoms with Gasteiger partial charge >= 0.3 is 6.09 Å². The average molecular weight is 294 g/mol. The molecule has 1 fully saturated rings. The third-order valence-electron chi connectivity index (χ3n) is 3.02. The Morgan fingerprint density at radius 2 is 2.05 bits per heavy atom. The first-order valence-electron chi connectivity index (χ1n) is 7.01. The molecule has 1 saturated heterocycles. The molecule has 0 saturated carbocycles. The second-order valence-electron chi connectivity index (χ2n) is 6.02. The number of amides is 1. The highest BCUT2D eigenvalue weighted by molar-refractivity contribution is 5.68. The predicted octanol–water partition coefficient (Wildman–Crippen LogP) is 2.48. The molecule has 0 spiro atoms. The molecule has 1 aromatic heterocycles. The van der Waals surface area contributed by atoms with E-state index in [1.807, 2.05) is 20.8 Å². The van der Waals surface area contributed by atoms with Gasteiger partial charge in [-0.1, -0.05) is 0 Å². The Kier molecular flexibility index (Phi) is 4.55. The van der Waals surface area contributed by atoms with Gasteiger partial charge in [0.05, 0.1) is 26.0 Å². The molecule has 1 aromatic rings. The third kappa shape index (κ3) is 4.51. The smallest absolute Gasteiger partial charge is 0.410 e. The first kappa shape index (κ1) is 15.4. The molecule has 1 amide bonds. The summed E-state index contributed by atoms with van der Waals surface area (Å²) in [7, 11) is 1.58. The Morgan fingerprint density at radius 1 is 1.33 bits per heavy atom. The molecule has 0 bridgehead atoms. The number of methoxy groups -OCH3 is 1. The summed E-state index contributed by atoms with van der Waals surface area (Å²) in [5.74, 6) is 1.29. The number of hydrogen-bond donors (Lipinski definition) is 0. The molecule has 1 aliphatic heterocycles. The minimum absolute atomic E-state index is 0.0496. The monoisotopic (exact) mass is 294 g/mol. The maximum atomic E-state index is 12.0. The van der Waals surface area contributed by atoms with Crippen LogP contribution in [0.25, 0.3) is 0 Å². The zero-order valence-corrected chi connectivity index (χ0v) is 13.0. The fourth-order valence-corrected chi connectivity index (χ4v) is 2.08. The average Bonchev–Trinajstić information content (AvgIpc) is 2.85. The summed E-state index contributed by atoms with van der Waals surface area (Å²) in [6.45, 7) is 6.73. The van der Waals surface area contributed by atoms with Gasteiger partial charge in [0, 0.05) is 19.0 Å². The van der Waals surface area contributed by atoms with Gasteiger partial charge in [-0.2, -0.15) is 0 Å². The third-order valence-corrected chi connectivity index (χ3v) is 3.02. The standard InChI is InChI=1S/C15H22N2O4/c1-15(2,3)21-14(18)17-6-5-11(10-17)20-13-7-12(19-4)8-16-9-13/h7-9,11H,5-6,10H2,1-4H3/t11-/m0/s1. The van der Waals surface area contributed by atoms with E-state index >= 15 is 0 Å². The molecular formula is C15H22N2O4. The normalized spacial score (nSPS) is 18.5. The number of hydrogen-bond acceptors (Lipinski definition) is 5. The summed E-state index contributed by atoms with van der Waals surface area (Å²) < 4.78 is 16.3. The molecule has 1 aliphatic rings. The van der Waals surface area contributed by atoms with Gasteiger partial charge in [-0.3, -0.25) is 4.98 Å². The number of rotatable bonds is 3. The highest BCUT2D eigenvalue weighted by atomic mass is 16.6. The zero-order chi connectivity index (χ0) is 15.5. The topological polar surface area (TPSA) is 60.9 Å². The molecule has 2 heterocycles. The predicted molar refractivity (Wildman–Crippen MR) is 77.6 cm³/mol. The van der Waals surface area contributed by atoms with Crippen molar-refractivity contribution >= 4 is 6.09 Å². The molecular weight excluding hydrogens is 272 g/mol. The molecule has 0 unspecified atom stereocenters. The molecule has 2 rings (SSSR count). The zero-order valence-electron chi connectivity index (χ0n) is 13.0. The molecule has 6 heteroatoms. The SMILES string of the molecule is COc1cncc(O[C@H]2CCN(C(=O)OC(C)(C)C)C2)c1. The van der Waals surface area contributed by atoms with E-state index < -0.39 is 5.60 Å². The van der Waals surface area contributed by atoms with Crippen LogP contribution in [-0.4, -0.2) is 47.9 Å². The van der Waals surface area contributed by atoms with Gasteiger partial charge in [0.2, 0.25) is 0 Å². The van der Waals surface area contributed by atoms with Gasteiger partial charge in [-0.05, 0) is 20.8 Å². The van der Waals surface area contributed by atoms with Crippen molar-refractivity contribution in [3.63, 3.8) is 0 Å². The molecule has 0 aromatic carbocycles. The van der Waals surface area contributed by atoms with Gasteiger partial charge in [0.15, 0.2) is 0 Å². The van der Waals surface area contributed by atoms with Crippen molar-refractivity contribution in [3.8, 4) is 11.5 Å². The van der Waals surface area contributed by atoms with Crippen LogP contribution in [0.2, 0.25) is 0 Å². The summed E-state index contributed by atoms with van der Waals surface area (Å²) in [5, 5.41) is 0. The fraction of sp³-hybridized carbons (Fsp3) is 0.600. The van der Waals surface area contributed by atoms with Crippen LogP contribution in [0.15, 0.2) is 18.5 Å². The summed E-state index contributed by atoms with van der Waals surface area (Å²) in [4.78, 5) is 17.7. The van der Waals surface area contributed by atoms with Crippen LogP contribution in [0.5, 0.6) is 11.5 Å². The van der Waals surface area contributed by atoms with Gasteiger partial charge in [-0.25, -0.2) is 4.79 Å². The Morgan fingerprint density at radius 3 is 2.71 bits per heavy atom. The van der Waals surface area contributed by atoms with E-state index in [4.69, 9.17) is 14.2 Å². The first-order valence-corrected chi connectivity index (χ1v) is 7.01. The number of likely N-dealkylation sites (tertiary alicyclic amines) is 1. The van der Waals surface area contributed by atoms with Crippen molar-refractivity contribution in [1.29, 1.82) is 0 Å². The minimum atomic E-state index is -0.479. The lowest BCUT2D eigenvalue weighted by atomic mass is 10.2. The maximum Gasteiger partial charge on any atom is 0.410 e. The first-order chi connectivity index (χ1) is 9.87. The lowest BCUT2D eigenvalue weighted by Gasteiger charge is -2.24. The van der Waals surface area contributed by atoms with E-state index in [2.05, 4.69) is 4.98 Å². The van der Waals surface area contributed by atoms with E-state index in [0.717, 1.165) is 6.42 Å². The summed E-state index contributed by atoms with van der Waals surface area (Å²) in [5.41, 5.74) is -0.479. The largest absolute Gasteiger partial charge is 0.495 e. The Balaban J connectivity index is 1.89. The molecule has 0 N–H and O–H groups in total.